The van der Waals surface area contributed by atoms with Gasteiger partial charge in [-0.05, 0) is 30.5 Å². The van der Waals surface area contributed by atoms with E-state index >= 15 is 0 Å². The number of hydrogen-bond acceptors (Lipinski definition) is 5. The van der Waals surface area contributed by atoms with Crippen LogP contribution in [0.3, 0.4) is 0 Å². The lowest BCUT2D eigenvalue weighted by atomic mass is 10.0. The second-order valence-electron chi connectivity index (χ2n) is 5.20. The molecule has 0 saturated carbocycles. The Morgan fingerprint density at radius 2 is 1.91 bits per heavy atom. The van der Waals surface area contributed by atoms with Gasteiger partial charge in [-0.15, -0.1) is 0 Å². The van der Waals surface area contributed by atoms with Crippen LogP contribution in [0, 0.1) is 10.1 Å². The van der Waals surface area contributed by atoms with Crippen LogP contribution in [0.5, 0.6) is 0 Å². The number of sulfonamides is 1. The Labute approximate surface area is 133 Å². The van der Waals surface area contributed by atoms with Gasteiger partial charge >= 0.3 is 0 Å². The van der Waals surface area contributed by atoms with Gasteiger partial charge in [0.1, 0.15) is 0 Å². The fourth-order valence-corrected chi connectivity index (χ4v) is 3.87. The molecule has 1 aliphatic rings. The van der Waals surface area contributed by atoms with Crippen molar-refractivity contribution in [3.05, 3.63) is 58.1 Å². The third kappa shape index (κ3) is 2.98. The predicted molar refractivity (Wildman–Crippen MR) is 87.2 cm³/mol. The van der Waals surface area contributed by atoms with Crippen molar-refractivity contribution >= 4 is 27.1 Å². The summed E-state index contributed by atoms with van der Waals surface area (Å²) in [5, 5.41) is 14.2. The van der Waals surface area contributed by atoms with Crippen LogP contribution in [-0.2, 0) is 16.4 Å². The predicted octanol–water partition coefficient (Wildman–Crippen LogP) is 2.75. The van der Waals surface area contributed by atoms with Gasteiger partial charge in [-0.25, -0.2) is 8.42 Å². The van der Waals surface area contributed by atoms with Gasteiger partial charge < -0.3 is 5.32 Å². The van der Waals surface area contributed by atoms with E-state index in [1.165, 1.54) is 24.3 Å². The van der Waals surface area contributed by atoms with Crippen molar-refractivity contribution in [2.24, 2.45) is 0 Å². The molecule has 23 heavy (non-hydrogen) atoms. The lowest BCUT2D eigenvalue weighted by Crippen LogP contribution is -2.18. The third-order valence-corrected chi connectivity index (χ3v) is 5.08. The molecule has 120 valence electrons. The standard InChI is InChI=1S/C15H15N3O4S/c19-18(20)13-8-1-2-9-14(13)23(21,22)17-12-7-3-5-11-6-4-10-16-15(11)12/h1-3,5,7-9,16-17H,4,6,10H2. The lowest BCUT2D eigenvalue weighted by Gasteiger charge is -2.21. The Morgan fingerprint density at radius 1 is 1.13 bits per heavy atom. The number of benzene rings is 2. The molecule has 0 saturated heterocycles. The van der Waals surface area contributed by atoms with Gasteiger partial charge in [0, 0.05) is 12.6 Å². The first-order valence-electron chi connectivity index (χ1n) is 7.11. The Kier molecular flexibility index (Phi) is 3.91. The van der Waals surface area contributed by atoms with E-state index in [4.69, 9.17) is 0 Å². The number of rotatable bonds is 4. The number of nitrogens with zero attached hydrogens (tertiary/aromatic N) is 1. The van der Waals surface area contributed by atoms with Crippen LogP contribution in [0.15, 0.2) is 47.4 Å². The van der Waals surface area contributed by atoms with Gasteiger partial charge in [0.05, 0.1) is 16.3 Å². The molecule has 0 radical (unpaired) electrons. The molecule has 1 heterocycles. The highest BCUT2D eigenvalue weighted by molar-refractivity contribution is 7.92. The van der Waals surface area contributed by atoms with E-state index in [0.29, 0.717) is 5.69 Å². The molecule has 0 unspecified atom stereocenters. The zero-order valence-corrected chi connectivity index (χ0v) is 13.0. The highest BCUT2D eigenvalue weighted by atomic mass is 32.2. The summed E-state index contributed by atoms with van der Waals surface area (Å²) in [6.07, 6.45) is 1.84. The van der Waals surface area contributed by atoms with Crippen LogP contribution in [-0.4, -0.2) is 19.9 Å². The van der Waals surface area contributed by atoms with E-state index in [0.717, 1.165) is 30.6 Å². The van der Waals surface area contributed by atoms with E-state index in [9.17, 15) is 18.5 Å². The fourth-order valence-electron chi connectivity index (χ4n) is 2.63. The summed E-state index contributed by atoms with van der Waals surface area (Å²) in [4.78, 5) is 10.0. The second-order valence-corrected chi connectivity index (χ2v) is 6.85. The molecule has 3 rings (SSSR count). The van der Waals surface area contributed by atoms with E-state index < -0.39 is 20.6 Å². The molecule has 0 aromatic heterocycles. The highest BCUT2D eigenvalue weighted by Gasteiger charge is 2.26. The maximum Gasteiger partial charge on any atom is 0.289 e. The smallest absolute Gasteiger partial charge is 0.289 e. The monoisotopic (exact) mass is 333 g/mol. The van der Waals surface area contributed by atoms with Gasteiger partial charge in [-0.3, -0.25) is 14.8 Å². The molecule has 0 atom stereocenters. The van der Waals surface area contributed by atoms with E-state index in [2.05, 4.69) is 10.0 Å². The summed E-state index contributed by atoms with van der Waals surface area (Å²) in [5.41, 5.74) is 1.72. The zero-order valence-electron chi connectivity index (χ0n) is 12.2. The Hall–Kier alpha value is -2.61. The van der Waals surface area contributed by atoms with Crippen molar-refractivity contribution in [3.63, 3.8) is 0 Å². The second kappa shape index (κ2) is 5.88. The van der Waals surface area contributed by atoms with E-state index in [1.807, 2.05) is 6.07 Å². The number of nitro groups is 1. The van der Waals surface area contributed by atoms with Gasteiger partial charge in [0.15, 0.2) is 4.90 Å². The van der Waals surface area contributed by atoms with Crippen LogP contribution < -0.4 is 10.0 Å². The third-order valence-electron chi connectivity index (χ3n) is 3.67. The van der Waals surface area contributed by atoms with Crippen molar-refractivity contribution in [2.45, 2.75) is 17.7 Å². The van der Waals surface area contributed by atoms with Crippen molar-refractivity contribution in [3.8, 4) is 0 Å². The molecule has 2 aromatic carbocycles. The first-order valence-corrected chi connectivity index (χ1v) is 8.59. The maximum atomic E-state index is 12.6. The zero-order chi connectivity index (χ0) is 16.4. The topological polar surface area (TPSA) is 101 Å². The molecular formula is C15H15N3O4S. The summed E-state index contributed by atoms with van der Waals surface area (Å²) in [5.74, 6) is 0. The van der Waals surface area contributed by atoms with Crippen molar-refractivity contribution in [2.75, 3.05) is 16.6 Å². The summed E-state index contributed by atoms with van der Waals surface area (Å²) >= 11 is 0. The van der Waals surface area contributed by atoms with Crippen LogP contribution in [0.2, 0.25) is 0 Å². The molecule has 1 aliphatic heterocycles. The average Bonchev–Trinajstić information content (AvgIpc) is 2.55. The number of fused-ring (bicyclic) bond motifs is 1. The molecule has 0 amide bonds. The number of aryl methyl sites for hydroxylation is 1. The van der Waals surface area contributed by atoms with Gasteiger partial charge in [-0.1, -0.05) is 24.3 Å². The number of hydrogen-bond donors (Lipinski definition) is 2. The molecule has 2 aromatic rings. The Bertz CT molecular complexity index is 865. The SMILES string of the molecule is O=[N+]([O-])c1ccccc1S(=O)(=O)Nc1cccc2c1NCCC2. The summed E-state index contributed by atoms with van der Waals surface area (Å²) in [6, 6.07) is 10.6. The Morgan fingerprint density at radius 3 is 2.70 bits per heavy atom. The van der Waals surface area contributed by atoms with E-state index in [1.54, 1.807) is 12.1 Å². The molecule has 0 aliphatic carbocycles. The van der Waals surface area contributed by atoms with Crippen molar-refractivity contribution < 1.29 is 13.3 Å². The molecule has 8 heteroatoms. The summed E-state index contributed by atoms with van der Waals surface area (Å²) in [6.45, 7) is 0.761. The number of anilines is 2. The van der Waals surface area contributed by atoms with Gasteiger partial charge in [0.2, 0.25) is 0 Å². The minimum absolute atomic E-state index is 0.349. The fraction of sp³-hybridized carbons (Fsp3) is 0.200. The van der Waals surface area contributed by atoms with Crippen LogP contribution in [0.25, 0.3) is 0 Å². The quantitative estimate of drug-likeness (QED) is 0.662. The van der Waals surface area contributed by atoms with Crippen LogP contribution >= 0.6 is 0 Å². The molecular weight excluding hydrogens is 318 g/mol. The van der Waals surface area contributed by atoms with Crippen molar-refractivity contribution in [1.29, 1.82) is 0 Å². The molecule has 0 bridgehead atoms. The molecule has 2 N–H and O–H groups in total. The maximum absolute atomic E-state index is 12.6. The normalized spacial score (nSPS) is 13.7. The van der Waals surface area contributed by atoms with Gasteiger partial charge in [0.25, 0.3) is 15.7 Å². The first kappa shape index (κ1) is 15.3. The molecule has 7 nitrogen and oxygen atoms in total. The first-order chi connectivity index (χ1) is 11.0. The molecule has 0 fully saturated rings. The number of para-hydroxylation sites is 2. The lowest BCUT2D eigenvalue weighted by molar-refractivity contribution is -0.387. The average molecular weight is 333 g/mol. The summed E-state index contributed by atoms with van der Waals surface area (Å²) in [7, 11) is -4.05. The minimum atomic E-state index is -4.05. The number of nitrogens with one attached hydrogen (secondary N) is 2. The molecule has 0 spiro atoms. The van der Waals surface area contributed by atoms with Crippen LogP contribution in [0.4, 0.5) is 17.1 Å². The van der Waals surface area contributed by atoms with Crippen LogP contribution in [0.1, 0.15) is 12.0 Å². The Balaban J connectivity index is 2.02. The number of nitro benzene ring substituents is 1. The van der Waals surface area contributed by atoms with E-state index in [-0.39, 0.29) is 4.90 Å². The summed E-state index contributed by atoms with van der Waals surface area (Å²) < 4.78 is 27.6. The minimum Gasteiger partial charge on any atom is -0.383 e. The largest absolute Gasteiger partial charge is 0.383 e. The van der Waals surface area contributed by atoms with Gasteiger partial charge in [-0.2, -0.15) is 0 Å². The van der Waals surface area contributed by atoms with Crippen molar-refractivity contribution in [1.82, 2.24) is 0 Å². The highest BCUT2D eigenvalue weighted by Crippen LogP contribution is 2.33.